The van der Waals surface area contributed by atoms with Gasteiger partial charge in [0, 0.05) is 29.7 Å². The van der Waals surface area contributed by atoms with E-state index in [0.717, 1.165) is 30.6 Å². The third-order valence-electron chi connectivity index (χ3n) is 4.36. The molecule has 1 aromatic carbocycles. The van der Waals surface area contributed by atoms with Gasteiger partial charge in [-0.2, -0.15) is 0 Å². The molecule has 7 heteroatoms. The minimum Gasteiger partial charge on any atom is -0.310 e. The molecule has 5 nitrogen and oxygen atoms in total. The van der Waals surface area contributed by atoms with E-state index in [-0.39, 0.29) is 16.8 Å². The molecule has 1 heterocycles. The fourth-order valence-corrected chi connectivity index (χ4v) is 5.63. The molecule has 1 aromatic rings. The van der Waals surface area contributed by atoms with Crippen LogP contribution in [0.1, 0.15) is 39.5 Å². The van der Waals surface area contributed by atoms with Gasteiger partial charge in [0.05, 0.1) is 10.6 Å². The van der Waals surface area contributed by atoms with E-state index >= 15 is 0 Å². The van der Waals surface area contributed by atoms with Crippen LogP contribution in [0.4, 0.5) is 5.69 Å². The number of hydrogen-bond donors (Lipinski definition) is 1. The lowest BCUT2D eigenvalue weighted by atomic mass is 10.2. The zero-order valence-electron chi connectivity index (χ0n) is 13.4. The number of carbonyl (C=O) groups is 1. The monoisotopic (exact) mass is 354 g/mol. The van der Waals surface area contributed by atoms with E-state index in [1.54, 1.807) is 28.8 Å². The molecule has 1 N–H and O–H groups in total. The standard InChI is InChI=1S/C16H22N2O3S2/c1-11-10-18(12(2)19)15-9-14(7-8-16(15)22-11)23(20,21)17-13-5-3-4-6-13/h7-9,11,13,17H,3-6,10H2,1-2H3/t11-/m1/s1. The molecule has 0 radical (unpaired) electrons. The number of anilines is 1. The molecule has 1 amide bonds. The Morgan fingerprint density at radius 3 is 2.65 bits per heavy atom. The summed E-state index contributed by atoms with van der Waals surface area (Å²) in [4.78, 5) is 14.8. The summed E-state index contributed by atoms with van der Waals surface area (Å²) in [5.74, 6) is -0.0586. The zero-order valence-corrected chi connectivity index (χ0v) is 15.0. The van der Waals surface area contributed by atoms with E-state index in [0.29, 0.717) is 17.5 Å². The first-order valence-corrected chi connectivity index (χ1v) is 10.3. The van der Waals surface area contributed by atoms with Crippen LogP contribution in [0.5, 0.6) is 0 Å². The van der Waals surface area contributed by atoms with E-state index < -0.39 is 10.0 Å². The number of amides is 1. The molecule has 1 fully saturated rings. The summed E-state index contributed by atoms with van der Waals surface area (Å²) in [6, 6.07) is 5.12. The summed E-state index contributed by atoms with van der Waals surface area (Å²) < 4.78 is 28.0. The Morgan fingerprint density at radius 1 is 1.30 bits per heavy atom. The number of rotatable bonds is 3. The van der Waals surface area contributed by atoms with Crippen LogP contribution < -0.4 is 9.62 Å². The summed E-state index contributed by atoms with van der Waals surface area (Å²) >= 11 is 1.68. The van der Waals surface area contributed by atoms with Gasteiger partial charge in [0.1, 0.15) is 0 Å². The van der Waals surface area contributed by atoms with Crippen LogP contribution in [0.25, 0.3) is 0 Å². The highest BCUT2D eigenvalue weighted by atomic mass is 32.2. The van der Waals surface area contributed by atoms with Crippen molar-refractivity contribution >= 4 is 33.4 Å². The third-order valence-corrected chi connectivity index (χ3v) is 7.03. The molecular formula is C16H22N2O3S2. The number of carbonyl (C=O) groups excluding carboxylic acids is 1. The van der Waals surface area contributed by atoms with Gasteiger partial charge in [-0.1, -0.05) is 19.8 Å². The number of benzene rings is 1. The van der Waals surface area contributed by atoms with Gasteiger partial charge >= 0.3 is 0 Å². The summed E-state index contributed by atoms with van der Waals surface area (Å²) in [5, 5.41) is 0.297. The van der Waals surface area contributed by atoms with Gasteiger partial charge in [0.2, 0.25) is 15.9 Å². The van der Waals surface area contributed by atoms with Crippen molar-refractivity contribution in [2.45, 2.75) is 60.6 Å². The molecule has 2 aliphatic rings. The van der Waals surface area contributed by atoms with Gasteiger partial charge < -0.3 is 4.90 Å². The van der Waals surface area contributed by atoms with Gasteiger partial charge in [0.25, 0.3) is 0 Å². The van der Waals surface area contributed by atoms with Crippen LogP contribution in [0.2, 0.25) is 0 Å². The van der Waals surface area contributed by atoms with Crippen molar-refractivity contribution in [1.82, 2.24) is 4.72 Å². The van der Waals surface area contributed by atoms with E-state index in [9.17, 15) is 13.2 Å². The summed E-state index contributed by atoms with van der Waals surface area (Å²) in [6.45, 7) is 4.19. The molecule has 0 unspecified atom stereocenters. The topological polar surface area (TPSA) is 66.5 Å². The lowest BCUT2D eigenvalue weighted by molar-refractivity contribution is -0.116. The minimum atomic E-state index is -3.54. The lowest BCUT2D eigenvalue weighted by Crippen LogP contribution is -2.37. The molecule has 1 atom stereocenters. The molecule has 1 aliphatic carbocycles. The average Bonchev–Trinajstić information content (AvgIpc) is 2.97. The van der Waals surface area contributed by atoms with E-state index in [4.69, 9.17) is 0 Å². The first kappa shape index (κ1) is 16.8. The molecular weight excluding hydrogens is 332 g/mol. The van der Waals surface area contributed by atoms with Crippen LogP contribution >= 0.6 is 11.8 Å². The maximum Gasteiger partial charge on any atom is 0.240 e. The van der Waals surface area contributed by atoms with Crippen LogP contribution in [0, 0.1) is 0 Å². The van der Waals surface area contributed by atoms with Crippen molar-refractivity contribution in [2.24, 2.45) is 0 Å². The first-order valence-electron chi connectivity index (χ1n) is 7.98. The van der Waals surface area contributed by atoms with E-state index in [2.05, 4.69) is 11.6 Å². The molecule has 126 valence electrons. The zero-order chi connectivity index (χ0) is 16.6. The van der Waals surface area contributed by atoms with Crippen molar-refractivity contribution in [1.29, 1.82) is 0 Å². The van der Waals surface area contributed by atoms with Crippen molar-refractivity contribution in [3.63, 3.8) is 0 Å². The van der Waals surface area contributed by atoms with Gasteiger partial charge in [-0.15, -0.1) is 11.8 Å². The van der Waals surface area contributed by atoms with Crippen LogP contribution in [0.3, 0.4) is 0 Å². The lowest BCUT2D eigenvalue weighted by Gasteiger charge is -2.32. The number of hydrogen-bond acceptors (Lipinski definition) is 4. The fourth-order valence-electron chi connectivity index (χ4n) is 3.21. The number of fused-ring (bicyclic) bond motifs is 1. The minimum absolute atomic E-state index is 0.0364. The van der Waals surface area contributed by atoms with Gasteiger partial charge in [0.15, 0.2) is 0 Å². The quantitative estimate of drug-likeness (QED) is 0.906. The smallest absolute Gasteiger partial charge is 0.240 e. The first-order chi connectivity index (χ1) is 10.9. The van der Waals surface area contributed by atoms with Crippen molar-refractivity contribution < 1.29 is 13.2 Å². The van der Waals surface area contributed by atoms with Gasteiger partial charge in [-0.25, -0.2) is 13.1 Å². The van der Waals surface area contributed by atoms with Gasteiger partial charge in [-0.3, -0.25) is 4.79 Å². The summed E-state index contributed by atoms with van der Waals surface area (Å²) in [7, 11) is -3.54. The fraction of sp³-hybridized carbons (Fsp3) is 0.562. The van der Waals surface area contributed by atoms with Crippen molar-refractivity contribution in [3.05, 3.63) is 18.2 Å². The summed E-state index contributed by atoms with van der Waals surface area (Å²) in [6.07, 6.45) is 3.95. The second kappa shape index (κ2) is 6.45. The van der Waals surface area contributed by atoms with Crippen LogP contribution in [0.15, 0.2) is 28.0 Å². The Bertz CT molecular complexity index is 712. The number of nitrogens with one attached hydrogen (secondary N) is 1. The Labute approximate surface area is 141 Å². The van der Waals surface area contributed by atoms with Crippen LogP contribution in [-0.2, 0) is 14.8 Å². The molecule has 0 bridgehead atoms. The number of nitrogens with zero attached hydrogens (tertiary/aromatic N) is 1. The third kappa shape index (κ3) is 3.56. The highest BCUT2D eigenvalue weighted by Crippen LogP contribution is 2.39. The highest BCUT2D eigenvalue weighted by Gasteiger charge is 2.28. The van der Waals surface area contributed by atoms with Crippen molar-refractivity contribution in [2.75, 3.05) is 11.4 Å². The second-order valence-corrected chi connectivity index (χ2v) is 9.48. The predicted molar refractivity (Wildman–Crippen MR) is 92.4 cm³/mol. The van der Waals surface area contributed by atoms with E-state index in [1.165, 1.54) is 6.92 Å². The maximum atomic E-state index is 12.6. The molecule has 0 aromatic heterocycles. The normalized spacial score (nSPS) is 22.2. The Balaban J connectivity index is 1.93. The Hall–Kier alpha value is -1.05. The van der Waals surface area contributed by atoms with Gasteiger partial charge in [-0.05, 0) is 31.0 Å². The molecule has 3 rings (SSSR count). The second-order valence-electron chi connectivity index (χ2n) is 6.29. The molecule has 1 saturated carbocycles. The maximum absolute atomic E-state index is 12.6. The number of sulfonamides is 1. The number of thioether (sulfide) groups is 1. The summed E-state index contributed by atoms with van der Waals surface area (Å²) in [5.41, 5.74) is 0.704. The average molecular weight is 354 g/mol. The van der Waals surface area contributed by atoms with E-state index in [1.807, 2.05) is 6.07 Å². The van der Waals surface area contributed by atoms with Crippen molar-refractivity contribution in [3.8, 4) is 0 Å². The Morgan fingerprint density at radius 2 is 2.00 bits per heavy atom. The largest absolute Gasteiger partial charge is 0.310 e. The molecule has 0 saturated heterocycles. The molecule has 1 aliphatic heterocycles. The SMILES string of the molecule is CC(=O)N1C[C@@H](C)Sc2ccc(S(=O)(=O)NC3CCCC3)cc21. The predicted octanol–water partition coefficient (Wildman–Crippen LogP) is 2.75. The highest BCUT2D eigenvalue weighted by molar-refractivity contribution is 8.00. The molecule has 23 heavy (non-hydrogen) atoms. The Kier molecular flexibility index (Phi) is 4.71. The molecule has 0 spiro atoms. The van der Waals surface area contributed by atoms with Crippen LogP contribution in [-0.4, -0.2) is 32.2 Å².